The Labute approximate surface area is 103 Å². The lowest BCUT2D eigenvalue weighted by molar-refractivity contribution is 0.300. The molecule has 1 saturated heterocycles. The van der Waals surface area contributed by atoms with Gasteiger partial charge < -0.3 is 0 Å². The Bertz CT molecular complexity index is 445. The Kier molecular flexibility index (Phi) is 3.37. The van der Waals surface area contributed by atoms with Gasteiger partial charge in [-0.25, -0.2) is 8.42 Å². The van der Waals surface area contributed by atoms with E-state index < -0.39 is 10.0 Å². The molecule has 1 N–H and O–H groups in total. The summed E-state index contributed by atoms with van der Waals surface area (Å²) >= 11 is 3.52. The van der Waals surface area contributed by atoms with Crippen molar-refractivity contribution in [3.63, 3.8) is 0 Å². The maximum absolute atomic E-state index is 12.1. The van der Waals surface area contributed by atoms with Gasteiger partial charge in [-0.3, -0.25) is 5.10 Å². The Morgan fingerprint density at radius 1 is 1.62 bits per heavy atom. The van der Waals surface area contributed by atoms with Gasteiger partial charge in [-0.05, 0) is 12.3 Å². The lowest BCUT2D eigenvalue weighted by Crippen LogP contribution is -2.43. The van der Waals surface area contributed by atoms with E-state index in [1.807, 2.05) is 0 Å². The van der Waals surface area contributed by atoms with Gasteiger partial charge in [-0.2, -0.15) is 9.40 Å². The Morgan fingerprint density at radius 2 is 2.38 bits per heavy atom. The van der Waals surface area contributed by atoms with E-state index in [-0.39, 0.29) is 9.72 Å². The molecule has 5 nitrogen and oxygen atoms in total. The van der Waals surface area contributed by atoms with Gasteiger partial charge in [0.2, 0.25) is 10.0 Å². The fraction of sp³-hybridized carbons (Fsp3) is 0.667. The highest BCUT2D eigenvalue weighted by atomic mass is 79.9. The zero-order valence-corrected chi connectivity index (χ0v) is 11.3. The molecule has 2 atom stereocenters. The number of piperidine rings is 1. The number of hydrogen-bond acceptors (Lipinski definition) is 3. The molecule has 1 aliphatic heterocycles. The summed E-state index contributed by atoms with van der Waals surface area (Å²) in [5, 5.41) is 6.20. The highest BCUT2D eigenvalue weighted by Crippen LogP contribution is 2.27. The zero-order chi connectivity index (χ0) is 11.8. The van der Waals surface area contributed by atoms with E-state index in [4.69, 9.17) is 0 Å². The maximum Gasteiger partial charge on any atom is 0.246 e. The van der Waals surface area contributed by atoms with Gasteiger partial charge in [0.25, 0.3) is 0 Å². The maximum atomic E-state index is 12.1. The molecule has 1 fully saturated rings. The zero-order valence-electron chi connectivity index (χ0n) is 8.93. The largest absolute Gasteiger partial charge is 0.284 e. The van der Waals surface area contributed by atoms with Crippen LogP contribution in [0.25, 0.3) is 0 Å². The summed E-state index contributed by atoms with van der Waals surface area (Å²) in [6.07, 6.45) is 3.64. The molecule has 90 valence electrons. The number of nitrogens with one attached hydrogen (secondary N) is 1. The van der Waals surface area contributed by atoms with Crippen molar-refractivity contribution in [2.45, 2.75) is 23.1 Å². The molecule has 0 radical (unpaired) electrons. The molecule has 1 aliphatic rings. The first kappa shape index (κ1) is 12.1. The van der Waals surface area contributed by atoms with E-state index in [1.165, 1.54) is 16.7 Å². The van der Waals surface area contributed by atoms with Crippen molar-refractivity contribution in [3.05, 3.63) is 12.4 Å². The van der Waals surface area contributed by atoms with Crippen LogP contribution in [-0.4, -0.2) is 40.8 Å². The van der Waals surface area contributed by atoms with Gasteiger partial charge in [0.1, 0.15) is 4.90 Å². The molecule has 1 aromatic heterocycles. The van der Waals surface area contributed by atoms with Gasteiger partial charge in [-0.15, -0.1) is 0 Å². The van der Waals surface area contributed by atoms with Crippen LogP contribution >= 0.6 is 15.9 Å². The van der Waals surface area contributed by atoms with Crippen molar-refractivity contribution < 1.29 is 8.42 Å². The molecule has 0 aromatic carbocycles. The number of sulfonamides is 1. The van der Waals surface area contributed by atoms with Crippen LogP contribution in [0.5, 0.6) is 0 Å². The van der Waals surface area contributed by atoms with Gasteiger partial charge >= 0.3 is 0 Å². The number of rotatable bonds is 2. The van der Waals surface area contributed by atoms with Crippen LogP contribution in [0.2, 0.25) is 0 Å². The molecular formula is C9H14BrN3O2S. The first-order chi connectivity index (χ1) is 7.51. The van der Waals surface area contributed by atoms with E-state index in [1.54, 1.807) is 0 Å². The fourth-order valence-corrected chi connectivity index (χ4v) is 3.94. The Hall–Kier alpha value is -0.400. The van der Waals surface area contributed by atoms with Crippen LogP contribution in [0.15, 0.2) is 17.3 Å². The number of H-pyrrole nitrogens is 1. The Morgan fingerprint density at radius 3 is 2.94 bits per heavy atom. The van der Waals surface area contributed by atoms with E-state index in [9.17, 15) is 8.42 Å². The molecular weight excluding hydrogens is 294 g/mol. The minimum Gasteiger partial charge on any atom is -0.284 e. The van der Waals surface area contributed by atoms with Gasteiger partial charge in [0.05, 0.1) is 6.20 Å². The number of aromatic amines is 1. The van der Waals surface area contributed by atoms with Gasteiger partial charge in [0, 0.05) is 24.1 Å². The van der Waals surface area contributed by atoms with Crippen LogP contribution in [0.1, 0.15) is 13.3 Å². The molecule has 0 amide bonds. The second kappa shape index (κ2) is 4.46. The summed E-state index contributed by atoms with van der Waals surface area (Å²) in [7, 11) is -3.37. The second-order valence-electron chi connectivity index (χ2n) is 4.08. The van der Waals surface area contributed by atoms with Crippen LogP contribution in [0.3, 0.4) is 0 Å². The normalized spacial score (nSPS) is 28.1. The summed E-state index contributed by atoms with van der Waals surface area (Å²) in [6.45, 7) is 3.23. The average molecular weight is 308 g/mol. The van der Waals surface area contributed by atoms with Crippen LogP contribution in [0, 0.1) is 5.92 Å². The number of aromatic nitrogens is 2. The van der Waals surface area contributed by atoms with E-state index in [0.717, 1.165) is 6.42 Å². The average Bonchev–Trinajstić information content (AvgIpc) is 2.75. The fourth-order valence-electron chi connectivity index (χ4n) is 1.74. The highest BCUT2D eigenvalue weighted by molar-refractivity contribution is 9.09. The third-order valence-electron chi connectivity index (χ3n) is 2.94. The van der Waals surface area contributed by atoms with Crippen molar-refractivity contribution in [2.24, 2.45) is 5.92 Å². The summed E-state index contributed by atoms with van der Waals surface area (Å²) < 4.78 is 25.8. The molecule has 2 rings (SSSR count). The molecule has 0 aliphatic carbocycles. The van der Waals surface area contributed by atoms with Crippen LogP contribution < -0.4 is 0 Å². The third-order valence-corrected chi connectivity index (χ3v) is 5.96. The predicted molar refractivity (Wildman–Crippen MR) is 63.8 cm³/mol. The quantitative estimate of drug-likeness (QED) is 0.835. The molecule has 0 spiro atoms. The Balaban J connectivity index is 2.20. The predicted octanol–water partition coefficient (Wildman–Crippen LogP) is 1.20. The lowest BCUT2D eigenvalue weighted by Gasteiger charge is -2.32. The lowest BCUT2D eigenvalue weighted by atomic mass is 10.0. The highest BCUT2D eigenvalue weighted by Gasteiger charge is 2.32. The van der Waals surface area contributed by atoms with Crippen LogP contribution in [-0.2, 0) is 10.0 Å². The summed E-state index contributed by atoms with van der Waals surface area (Å²) in [5.41, 5.74) is 0. The minimum absolute atomic E-state index is 0.225. The van der Waals surface area contributed by atoms with E-state index >= 15 is 0 Å². The molecule has 2 heterocycles. The van der Waals surface area contributed by atoms with Crippen molar-refractivity contribution in [1.29, 1.82) is 0 Å². The van der Waals surface area contributed by atoms with Gasteiger partial charge in [-0.1, -0.05) is 22.9 Å². The van der Waals surface area contributed by atoms with E-state index in [2.05, 4.69) is 33.1 Å². The van der Waals surface area contributed by atoms with Crippen molar-refractivity contribution >= 4 is 26.0 Å². The molecule has 0 bridgehead atoms. The van der Waals surface area contributed by atoms with Crippen molar-refractivity contribution in [2.75, 3.05) is 13.1 Å². The monoisotopic (exact) mass is 307 g/mol. The SMILES string of the molecule is CC1CCN(S(=O)(=O)c2cn[nH]c2)CC1Br. The molecule has 7 heteroatoms. The summed E-state index contributed by atoms with van der Waals surface area (Å²) in [5.74, 6) is 0.510. The standard InChI is InChI=1S/C9H14BrN3O2S/c1-7-2-3-13(6-9(7)10)16(14,15)8-4-11-12-5-8/h4-5,7,9H,2-3,6H2,1H3,(H,11,12). The summed E-state index contributed by atoms with van der Waals surface area (Å²) in [6, 6.07) is 0. The molecule has 1 aromatic rings. The third kappa shape index (κ3) is 2.16. The topological polar surface area (TPSA) is 66.1 Å². The smallest absolute Gasteiger partial charge is 0.246 e. The molecule has 0 saturated carbocycles. The summed E-state index contributed by atoms with van der Waals surface area (Å²) in [4.78, 5) is 0.463. The number of hydrogen-bond donors (Lipinski definition) is 1. The number of halogens is 1. The number of nitrogens with zero attached hydrogens (tertiary/aromatic N) is 2. The van der Waals surface area contributed by atoms with Crippen molar-refractivity contribution in [3.8, 4) is 0 Å². The minimum atomic E-state index is -3.37. The van der Waals surface area contributed by atoms with Crippen LogP contribution in [0.4, 0.5) is 0 Å². The molecule has 16 heavy (non-hydrogen) atoms. The molecule has 2 unspecified atom stereocenters. The second-order valence-corrected chi connectivity index (χ2v) is 7.19. The first-order valence-corrected chi connectivity index (χ1v) is 7.50. The van der Waals surface area contributed by atoms with Crippen molar-refractivity contribution in [1.82, 2.24) is 14.5 Å². The first-order valence-electron chi connectivity index (χ1n) is 5.15. The van der Waals surface area contributed by atoms with E-state index in [0.29, 0.717) is 19.0 Å². The van der Waals surface area contributed by atoms with Gasteiger partial charge in [0.15, 0.2) is 0 Å². The number of alkyl halides is 1.